The monoisotopic (exact) mass is 175 g/mol. The summed E-state index contributed by atoms with van der Waals surface area (Å²) in [6.07, 6.45) is 4.99. The number of benzene rings is 1. The largest absolute Gasteiger partial charge is 0.328 e. The number of hydrogen-bond acceptors (Lipinski definition) is 1. The second-order valence-electron chi connectivity index (χ2n) is 4.03. The lowest BCUT2D eigenvalue weighted by atomic mass is 9.82. The van der Waals surface area contributed by atoms with E-state index in [0.717, 1.165) is 0 Å². The van der Waals surface area contributed by atoms with Gasteiger partial charge in [-0.15, -0.1) is 0 Å². The topological polar surface area (TPSA) is 26.0 Å². The molecule has 1 saturated carbocycles. The second kappa shape index (κ2) is 3.93. The van der Waals surface area contributed by atoms with E-state index in [0.29, 0.717) is 12.0 Å². The van der Waals surface area contributed by atoms with Gasteiger partial charge in [0.05, 0.1) is 0 Å². The lowest BCUT2D eigenvalue weighted by Crippen LogP contribution is -2.26. The zero-order valence-corrected chi connectivity index (χ0v) is 7.95. The standard InChI is InChI=1S/C12H17N/c13-12-8-4-7-11(9-12)10-5-2-1-3-6-10/h1-3,5-6,11-12H,4,7-9,13H2/t11-,12+/m1/s1. The van der Waals surface area contributed by atoms with Crippen LogP contribution in [0.2, 0.25) is 0 Å². The van der Waals surface area contributed by atoms with Crippen molar-refractivity contribution in [2.45, 2.75) is 37.6 Å². The highest BCUT2D eigenvalue weighted by Gasteiger charge is 2.19. The van der Waals surface area contributed by atoms with Crippen LogP contribution < -0.4 is 5.73 Å². The van der Waals surface area contributed by atoms with Crippen LogP contribution in [0.5, 0.6) is 0 Å². The summed E-state index contributed by atoms with van der Waals surface area (Å²) in [6.45, 7) is 0. The molecule has 0 spiro atoms. The van der Waals surface area contributed by atoms with E-state index in [2.05, 4.69) is 30.3 Å². The van der Waals surface area contributed by atoms with Crippen LogP contribution >= 0.6 is 0 Å². The summed E-state index contributed by atoms with van der Waals surface area (Å²) in [5.74, 6) is 0.713. The zero-order valence-electron chi connectivity index (χ0n) is 7.95. The Morgan fingerprint density at radius 2 is 1.85 bits per heavy atom. The Morgan fingerprint density at radius 1 is 1.08 bits per heavy atom. The van der Waals surface area contributed by atoms with Crippen LogP contribution in [0.1, 0.15) is 37.2 Å². The van der Waals surface area contributed by atoms with Crippen molar-refractivity contribution in [3.63, 3.8) is 0 Å². The SMILES string of the molecule is N[C@H]1CCC[C@@H](c2ccccc2)C1. The van der Waals surface area contributed by atoms with Crippen molar-refractivity contribution < 1.29 is 0 Å². The summed E-state index contributed by atoms with van der Waals surface area (Å²) in [7, 11) is 0. The zero-order chi connectivity index (χ0) is 9.10. The van der Waals surface area contributed by atoms with E-state index in [1.165, 1.54) is 31.2 Å². The third-order valence-corrected chi connectivity index (χ3v) is 2.99. The first kappa shape index (κ1) is 8.76. The molecule has 1 nitrogen and oxygen atoms in total. The number of hydrogen-bond donors (Lipinski definition) is 1. The highest BCUT2D eigenvalue weighted by molar-refractivity contribution is 5.20. The predicted molar refractivity (Wildman–Crippen MR) is 55.6 cm³/mol. The van der Waals surface area contributed by atoms with Crippen LogP contribution in [0.15, 0.2) is 30.3 Å². The molecule has 2 rings (SSSR count). The molecule has 1 aliphatic rings. The third kappa shape index (κ3) is 2.10. The Hall–Kier alpha value is -0.820. The molecule has 0 bridgehead atoms. The molecule has 1 aliphatic carbocycles. The molecule has 2 atom stereocenters. The van der Waals surface area contributed by atoms with Crippen LogP contribution in [-0.2, 0) is 0 Å². The maximum Gasteiger partial charge on any atom is 0.00446 e. The molecule has 0 unspecified atom stereocenters. The van der Waals surface area contributed by atoms with E-state index in [9.17, 15) is 0 Å². The molecule has 1 heteroatoms. The maximum absolute atomic E-state index is 5.96. The molecule has 1 fully saturated rings. The first-order valence-electron chi connectivity index (χ1n) is 5.17. The molecule has 2 N–H and O–H groups in total. The van der Waals surface area contributed by atoms with Gasteiger partial charge in [-0.25, -0.2) is 0 Å². The molecule has 0 heterocycles. The summed E-state index contributed by atoms with van der Waals surface area (Å²) in [4.78, 5) is 0. The molecular formula is C12H17N. The Bertz CT molecular complexity index is 255. The van der Waals surface area contributed by atoms with E-state index < -0.39 is 0 Å². The van der Waals surface area contributed by atoms with Gasteiger partial charge in [0.15, 0.2) is 0 Å². The molecule has 1 aromatic carbocycles. The molecule has 0 aliphatic heterocycles. The normalized spacial score (nSPS) is 28.7. The van der Waals surface area contributed by atoms with E-state index in [4.69, 9.17) is 5.73 Å². The van der Waals surface area contributed by atoms with Gasteiger partial charge in [-0.2, -0.15) is 0 Å². The van der Waals surface area contributed by atoms with Gasteiger partial charge in [-0.05, 0) is 30.7 Å². The minimum atomic E-state index is 0.430. The average molecular weight is 175 g/mol. The fraction of sp³-hybridized carbons (Fsp3) is 0.500. The van der Waals surface area contributed by atoms with Crippen LogP contribution in [0.3, 0.4) is 0 Å². The Balaban J connectivity index is 2.08. The van der Waals surface area contributed by atoms with E-state index in [-0.39, 0.29) is 0 Å². The summed E-state index contributed by atoms with van der Waals surface area (Å²) in [5.41, 5.74) is 7.43. The van der Waals surface area contributed by atoms with Gasteiger partial charge in [-0.3, -0.25) is 0 Å². The van der Waals surface area contributed by atoms with Gasteiger partial charge in [-0.1, -0.05) is 36.8 Å². The van der Waals surface area contributed by atoms with Crippen molar-refractivity contribution in [3.8, 4) is 0 Å². The molecule has 0 saturated heterocycles. The highest BCUT2D eigenvalue weighted by Crippen LogP contribution is 2.31. The van der Waals surface area contributed by atoms with Gasteiger partial charge < -0.3 is 5.73 Å². The summed E-state index contributed by atoms with van der Waals surface area (Å²) in [6, 6.07) is 11.2. The van der Waals surface area contributed by atoms with Crippen molar-refractivity contribution in [3.05, 3.63) is 35.9 Å². The fourth-order valence-corrected chi connectivity index (χ4v) is 2.26. The average Bonchev–Trinajstić information content (AvgIpc) is 2.19. The van der Waals surface area contributed by atoms with Crippen LogP contribution in [-0.4, -0.2) is 6.04 Å². The number of nitrogens with two attached hydrogens (primary N) is 1. The quantitative estimate of drug-likeness (QED) is 0.697. The van der Waals surface area contributed by atoms with Crippen molar-refractivity contribution in [1.29, 1.82) is 0 Å². The van der Waals surface area contributed by atoms with Gasteiger partial charge in [0.2, 0.25) is 0 Å². The smallest absolute Gasteiger partial charge is 0.00446 e. The molecule has 0 amide bonds. The molecule has 0 aromatic heterocycles. The van der Waals surface area contributed by atoms with Gasteiger partial charge in [0, 0.05) is 6.04 Å². The second-order valence-corrected chi connectivity index (χ2v) is 4.03. The van der Waals surface area contributed by atoms with Gasteiger partial charge in [0.25, 0.3) is 0 Å². The Kier molecular flexibility index (Phi) is 2.65. The molecule has 13 heavy (non-hydrogen) atoms. The minimum absolute atomic E-state index is 0.430. The highest BCUT2D eigenvalue weighted by atomic mass is 14.6. The van der Waals surface area contributed by atoms with Crippen molar-refractivity contribution in [2.24, 2.45) is 5.73 Å². The first-order chi connectivity index (χ1) is 6.36. The van der Waals surface area contributed by atoms with E-state index in [1.807, 2.05) is 0 Å². The maximum atomic E-state index is 5.96. The Labute approximate surface area is 80.0 Å². The summed E-state index contributed by atoms with van der Waals surface area (Å²) in [5, 5.41) is 0. The predicted octanol–water partition coefficient (Wildman–Crippen LogP) is 2.67. The molecular weight excluding hydrogens is 158 g/mol. The lowest BCUT2D eigenvalue weighted by Gasteiger charge is -2.26. The lowest BCUT2D eigenvalue weighted by molar-refractivity contribution is 0.393. The van der Waals surface area contributed by atoms with Crippen molar-refractivity contribution >= 4 is 0 Å². The third-order valence-electron chi connectivity index (χ3n) is 2.99. The first-order valence-corrected chi connectivity index (χ1v) is 5.17. The van der Waals surface area contributed by atoms with Crippen LogP contribution in [0, 0.1) is 0 Å². The summed E-state index contributed by atoms with van der Waals surface area (Å²) >= 11 is 0. The van der Waals surface area contributed by atoms with E-state index in [1.54, 1.807) is 0 Å². The van der Waals surface area contributed by atoms with E-state index >= 15 is 0 Å². The molecule has 1 aromatic rings. The molecule has 0 radical (unpaired) electrons. The van der Waals surface area contributed by atoms with Gasteiger partial charge in [0.1, 0.15) is 0 Å². The van der Waals surface area contributed by atoms with Crippen molar-refractivity contribution in [1.82, 2.24) is 0 Å². The number of rotatable bonds is 1. The molecule has 70 valence electrons. The van der Waals surface area contributed by atoms with Crippen molar-refractivity contribution in [2.75, 3.05) is 0 Å². The fourth-order valence-electron chi connectivity index (χ4n) is 2.26. The van der Waals surface area contributed by atoms with Crippen LogP contribution in [0.25, 0.3) is 0 Å². The van der Waals surface area contributed by atoms with Crippen LogP contribution in [0.4, 0.5) is 0 Å². The minimum Gasteiger partial charge on any atom is -0.328 e. The van der Waals surface area contributed by atoms with Gasteiger partial charge >= 0.3 is 0 Å². The Morgan fingerprint density at radius 3 is 2.54 bits per heavy atom. The summed E-state index contributed by atoms with van der Waals surface area (Å²) < 4.78 is 0.